The first kappa shape index (κ1) is 7.48. The molecule has 0 aromatic heterocycles. The molecule has 0 nitrogen and oxygen atoms in total. The molecule has 45 valence electrons. The summed E-state index contributed by atoms with van der Waals surface area (Å²) >= 11 is 0. The Morgan fingerprint density at radius 2 is 2.25 bits per heavy atom. The second-order valence-electron chi connectivity index (χ2n) is 1.59. The molecule has 0 saturated heterocycles. The number of hydrogen-bond donors (Lipinski definition) is 0. The highest BCUT2D eigenvalue weighted by molar-refractivity contribution is 4.84. The Morgan fingerprint density at radius 1 is 1.50 bits per heavy atom. The zero-order valence-electron chi connectivity index (χ0n) is 5.65. The van der Waals surface area contributed by atoms with Gasteiger partial charge in [0, 0.05) is 0 Å². The van der Waals surface area contributed by atoms with Gasteiger partial charge >= 0.3 is 0 Å². The highest BCUT2D eigenvalue weighted by atomic mass is 13.7. The molecule has 0 aliphatic carbocycles. The third-order valence-electron chi connectivity index (χ3n) is 0.820. The van der Waals surface area contributed by atoms with Crippen molar-refractivity contribution in [3.05, 3.63) is 24.3 Å². The first-order valence-corrected chi connectivity index (χ1v) is 3.08. The van der Waals surface area contributed by atoms with E-state index >= 15 is 0 Å². The van der Waals surface area contributed by atoms with Crippen molar-refractivity contribution in [3.8, 4) is 0 Å². The zero-order chi connectivity index (χ0) is 6.24. The van der Waals surface area contributed by atoms with Crippen molar-refractivity contribution >= 4 is 0 Å². The van der Waals surface area contributed by atoms with E-state index in [9.17, 15) is 0 Å². The van der Waals surface area contributed by atoms with Crippen LogP contribution in [0.5, 0.6) is 0 Å². The average Bonchev–Trinajstić information content (AvgIpc) is 1.81. The topological polar surface area (TPSA) is 0 Å². The van der Waals surface area contributed by atoms with Gasteiger partial charge in [-0.25, -0.2) is 0 Å². The van der Waals surface area contributed by atoms with Crippen molar-refractivity contribution in [1.82, 2.24) is 0 Å². The Labute approximate surface area is 51.9 Å². The van der Waals surface area contributed by atoms with Gasteiger partial charge in [-0.05, 0) is 25.8 Å². The number of allylic oxidation sites excluding steroid dienone is 4. The minimum absolute atomic E-state index is 0.963. The summed E-state index contributed by atoms with van der Waals surface area (Å²) in [7, 11) is 0. The molecule has 0 aromatic carbocycles. The highest BCUT2D eigenvalue weighted by Crippen LogP contribution is 1.85. The van der Waals surface area contributed by atoms with E-state index in [0.717, 1.165) is 12.8 Å². The molecule has 0 bridgehead atoms. The minimum Gasteiger partial charge on any atom is -0.0913 e. The van der Waals surface area contributed by atoms with Crippen LogP contribution in [0.2, 0.25) is 0 Å². The summed E-state index contributed by atoms with van der Waals surface area (Å²) in [5.74, 6) is 0. The molecule has 0 heterocycles. The van der Waals surface area contributed by atoms with Crippen LogP contribution < -0.4 is 0 Å². The molecular weight excluding hydrogens is 96.1 g/mol. The normalized spacial score (nSPS) is 11.8. The molecule has 0 spiro atoms. The van der Waals surface area contributed by atoms with Crippen LogP contribution in [-0.2, 0) is 0 Å². The van der Waals surface area contributed by atoms with Crippen LogP contribution in [-0.4, -0.2) is 0 Å². The molecule has 0 aliphatic rings. The molecular formula is C8H13. The maximum Gasteiger partial charge on any atom is -0.00980 e. The molecule has 8 heavy (non-hydrogen) atoms. The van der Waals surface area contributed by atoms with E-state index in [1.54, 1.807) is 0 Å². The standard InChI is InChI=1S/C8H13/c1-3-5-7-8-6-4-2/h3,5-6H,4,7H2,1-2H3. The molecule has 0 N–H and O–H groups in total. The Bertz CT molecular complexity index is 78.0. The van der Waals surface area contributed by atoms with Crippen molar-refractivity contribution in [1.29, 1.82) is 0 Å². The molecule has 0 amide bonds. The summed E-state index contributed by atoms with van der Waals surface area (Å²) in [5, 5.41) is 0. The molecule has 0 rings (SSSR count). The van der Waals surface area contributed by atoms with Gasteiger partial charge < -0.3 is 0 Å². The van der Waals surface area contributed by atoms with Crippen LogP contribution in [0.3, 0.4) is 0 Å². The van der Waals surface area contributed by atoms with Gasteiger partial charge in [0.1, 0.15) is 0 Å². The van der Waals surface area contributed by atoms with Gasteiger partial charge in [0.05, 0.1) is 0 Å². The van der Waals surface area contributed by atoms with Crippen LogP contribution in [0.4, 0.5) is 0 Å². The predicted octanol–water partition coefficient (Wildman–Crippen LogP) is 2.72. The van der Waals surface area contributed by atoms with E-state index in [1.165, 1.54) is 0 Å². The van der Waals surface area contributed by atoms with E-state index < -0.39 is 0 Å². The van der Waals surface area contributed by atoms with E-state index in [-0.39, 0.29) is 0 Å². The van der Waals surface area contributed by atoms with Crippen molar-refractivity contribution in [3.63, 3.8) is 0 Å². The van der Waals surface area contributed by atoms with Crippen LogP contribution in [0, 0.1) is 6.08 Å². The molecule has 0 aromatic rings. The third-order valence-corrected chi connectivity index (χ3v) is 0.820. The third kappa shape index (κ3) is 5.48. The Kier molecular flexibility index (Phi) is 6.06. The number of hydrogen-bond acceptors (Lipinski definition) is 0. The minimum atomic E-state index is 0.963. The molecule has 0 atom stereocenters. The quantitative estimate of drug-likeness (QED) is 0.489. The lowest BCUT2D eigenvalue weighted by Crippen LogP contribution is -1.57. The van der Waals surface area contributed by atoms with Crippen molar-refractivity contribution in [2.75, 3.05) is 0 Å². The fourth-order valence-electron chi connectivity index (χ4n) is 0.414. The first-order chi connectivity index (χ1) is 3.91. The molecule has 0 saturated carbocycles. The van der Waals surface area contributed by atoms with Gasteiger partial charge in [-0.1, -0.05) is 25.2 Å². The Balaban J connectivity index is 3.03. The maximum absolute atomic E-state index is 3.12. The zero-order valence-corrected chi connectivity index (χ0v) is 5.65. The highest BCUT2D eigenvalue weighted by Gasteiger charge is 1.66. The predicted molar refractivity (Wildman–Crippen MR) is 37.5 cm³/mol. The smallest absolute Gasteiger partial charge is 0.00980 e. The summed E-state index contributed by atoms with van der Waals surface area (Å²) in [6, 6.07) is 0. The van der Waals surface area contributed by atoms with Crippen LogP contribution >= 0.6 is 0 Å². The van der Waals surface area contributed by atoms with Crippen LogP contribution in [0.15, 0.2) is 18.2 Å². The lowest BCUT2D eigenvalue weighted by Gasteiger charge is -1.76. The molecule has 0 unspecified atom stereocenters. The van der Waals surface area contributed by atoms with Crippen LogP contribution in [0.25, 0.3) is 0 Å². The van der Waals surface area contributed by atoms with Gasteiger partial charge in [0.25, 0.3) is 0 Å². The molecule has 1 radical (unpaired) electrons. The summed E-state index contributed by atoms with van der Waals surface area (Å²) in [6.45, 7) is 4.14. The summed E-state index contributed by atoms with van der Waals surface area (Å²) in [6.07, 6.45) is 11.4. The monoisotopic (exact) mass is 109 g/mol. The van der Waals surface area contributed by atoms with Gasteiger partial charge in [0.15, 0.2) is 0 Å². The van der Waals surface area contributed by atoms with Crippen LogP contribution in [0.1, 0.15) is 26.7 Å². The summed E-state index contributed by atoms with van der Waals surface area (Å²) < 4.78 is 0. The maximum atomic E-state index is 3.12. The fourth-order valence-corrected chi connectivity index (χ4v) is 0.414. The van der Waals surface area contributed by atoms with Gasteiger partial charge in [-0.15, -0.1) is 0 Å². The van der Waals surface area contributed by atoms with Gasteiger partial charge in [-0.2, -0.15) is 0 Å². The number of rotatable bonds is 3. The first-order valence-electron chi connectivity index (χ1n) is 3.08. The van der Waals surface area contributed by atoms with Crippen molar-refractivity contribution in [2.45, 2.75) is 26.7 Å². The second-order valence-corrected chi connectivity index (χ2v) is 1.59. The van der Waals surface area contributed by atoms with Crippen molar-refractivity contribution < 1.29 is 0 Å². The molecule has 0 aliphatic heterocycles. The SMILES string of the molecule is CC=CC/[C]=C/CC. The second kappa shape index (κ2) is 6.48. The molecule has 0 fully saturated rings. The van der Waals surface area contributed by atoms with Gasteiger partial charge in [0.2, 0.25) is 0 Å². The lowest BCUT2D eigenvalue weighted by atomic mass is 10.3. The Hall–Kier alpha value is -0.520. The van der Waals surface area contributed by atoms with Crippen molar-refractivity contribution in [2.24, 2.45) is 0 Å². The van der Waals surface area contributed by atoms with E-state index in [2.05, 4.69) is 25.2 Å². The van der Waals surface area contributed by atoms with E-state index in [0.29, 0.717) is 0 Å². The summed E-state index contributed by atoms with van der Waals surface area (Å²) in [5.41, 5.74) is 0. The van der Waals surface area contributed by atoms with Gasteiger partial charge in [-0.3, -0.25) is 0 Å². The lowest BCUT2D eigenvalue weighted by molar-refractivity contribution is 1.18. The Morgan fingerprint density at radius 3 is 2.75 bits per heavy atom. The summed E-state index contributed by atoms with van der Waals surface area (Å²) in [4.78, 5) is 0. The molecule has 0 heteroatoms. The fraction of sp³-hybridized carbons (Fsp3) is 0.500. The van der Waals surface area contributed by atoms with E-state index in [1.807, 2.05) is 13.0 Å². The van der Waals surface area contributed by atoms with E-state index in [4.69, 9.17) is 0 Å². The largest absolute Gasteiger partial charge is 0.0913 e. The average molecular weight is 109 g/mol.